The third-order valence-electron chi connectivity index (χ3n) is 1.96. The molecule has 0 radical (unpaired) electrons. The van der Waals surface area contributed by atoms with Crippen LogP contribution in [0.2, 0.25) is 0 Å². The van der Waals surface area contributed by atoms with Crippen molar-refractivity contribution in [2.45, 2.75) is 32.4 Å². The van der Waals surface area contributed by atoms with E-state index in [0.29, 0.717) is 16.6 Å². The summed E-state index contributed by atoms with van der Waals surface area (Å²) in [5.41, 5.74) is 6.19. The molecule has 0 spiro atoms. The van der Waals surface area contributed by atoms with Gasteiger partial charge in [0.15, 0.2) is 0 Å². The van der Waals surface area contributed by atoms with Gasteiger partial charge < -0.3 is 5.73 Å². The van der Waals surface area contributed by atoms with Crippen LogP contribution >= 0.6 is 15.9 Å². The fourth-order valence-electron chi connectivity index (χ4n) is 1.17. The second kappa shape index (κ2) is 4.99. The molecule has 1 aromatic rings. The topological polar surface area (TPSA) is 51.8 Å². The third-order valence-corrected chi connectivity index (χ3v) is 2.82. The van der Waals surface area contributed by atoms with Crippen molar-refractivity contribution in [2.24, 2.45) is 0 Å². The van der Waals surface area contributed by atoms with Crippen LogP contribution in [-0.4, -0.2) is 16.1 Å². The molecular formula is C9H11BrF3N3. The Bertz CT molecular complexity index is 379. The van der Waals surface area contributed by atoms with Crippen LogP contribution < -0.4 is 5.73 Å². The third kappa shape index (κ3) is 3.62. The van der Waals surface area contributed by atoms with Gasteiger partial charge in [0, 0.05) is 6.42 Å². The first-order valence-electron chi connectivity index (χ1n) is 4.71. The first-order chi connectivity index (χ1) is 7.33. The summed E-state index contributed by atoms with van der Waals surface area (Å²) in [6.45, 7) is 1.85. The number of hydrogen-bond acceptors (Lipinski definition) is 3. The van der Waals surface area contributed by atoms with Crippen molar-refractivity contribution < 1.29 is 13.2 Å². The van der Waals surface area contributed by atoms with Crippen molar-refractivity contribution in [3.63, 3.8) is 0 Å². The van der Waals surface area contributed by atoms with Gasteiger partial charge in [0.2, 0.25) is 0 Å². The molecule has 1 aromatic heterocycles. The van der Waals surface area contributed by atoms with E-state index in [-0.39, 0.29) is 18.1 Å². The minimum atomic E-state index is -4.20. The Morgan fingerprint density at radius 1 is 1.31 bits per heavy atom. The Hall–Kier alpha value is -0.850. The highest BCUT2D eigenvalue weighted by Crippen LogP contribution is 2.24. The largest absolute Gasteiger partial charge is 0.389 e. The van der Waals surface area contributed by atoms with Crippen LogP contribution in [0.4, 0.5) is 19.0 Å². The smallest absolute Gasteiger partial charge is 0.383 e. The highest BCUT2D eigenvalue weighted by atomic mass is 79.9. The van der Waals surface area contributed by atoms with Gasteiger partial charge in [-0.2, -0.15) is 13.2 Å². The molecule has 0 saturated heterocycles. The number of nitrogens with zero attached hydrogens (tertiary/aromatic N) is 2. The Morgan fingerprint density at radius 2 is 1.94 bits per heavy atom. The number of halogens is 4. The Labute approximate surface area is 99.4 Å². The first kappa shape index (κ1) is 13.2. The maximum Gasteiger partial charge on any atom is 0.389 e. The molecule has 0 atom stereocenters. The molecule has 0 aromatic carbocycles. The second-order valence-corrected chi connectivity index (χ2v) is 4.05. The van der Waals surface area contributed by atoms with Crippen LogP contribution in [0.25, 0.3) is 0 Å². The van der Waals surface area contributed by atoms with Crippen molar-refractivity contribution >= 4 is 21.7 Å². The summed E-state index contributed by atoms with van der Waals surface area (Å²) in [6, 6.07) is 0. The molecule has 2 N–H and O–H groups in total. The average molecular weight is 298 g/mol. The molecular weight excluding hydrogens is 287 g/mol. The molecule has 1 heterocycles. The van der Waals surface area contributed by atoms with Crippen molar-refractivity contribution in [3.05, 3.63) is 16.0 Å². The number of hydrogen-bond donors (Lipinski definition) is 1. The van der Waals surface area contributed by atoms with E-state index in [2.05, 4.69) is 25.9 Å². The van der Waals surface area contributed by atoms with Gasteiger partial charge in [-0.15, -0.1) is 0 Å². The normalized spacial score (nSPS) is 11.8. The summed E-state index contributed by atoms with van der Waals surface area (Å²) in [5, 5.41) is 0. The summed E-state index contributed by atoms with van der Waals surface area (Å²) in [5.74, 6) is 0.318. The molecule has 0 aliphatic rings. The molecule has 90 valence electrons. The minimum absolute atomic E-state index is 0.134. The average Bonchev–Trinajstić information content (AvgIpc) is 2.18. The molecule has 7 heteroatoms. The zero-order valence-corrected chi connectivity index (χ0v) is 10.2. The summed E-state index contributed by atoms with van der Waals surface area (Å²) < 4.78 is 36.6. The van der Waals surface area contributed by atoms with Crippen LogP contribution in [0.15, 0.2) is 4.47 Å². The zero-order valence-electron chi connectivity index (χ0n) is 8.60. The molecule has 16 heavy (non-hydrogen) atoms. The molecule has 0 bridgehead atoms. The highest BCUT2D eigenvalue weighted by Gasteiger charge is 2.27. The van der Waals surface area contributed by atoms with E-state index in [1.807, 2.05) is 6.92 Å². The Morgan fingerprint density at radius 3 is 2.44 bits per heavy atom. The van der Waals surface area contributed by atoms with Gasteiger partial charge in [-0.25, -0.2) is 9.97 Å². The van der Waals surface area contributed by atoms with Gasteiger partial charge in [-0.1, -0.05) is 6.92 Å². The summed E-state index contributed by atoms with van der Waals surface area (Å²) in [4.78, 5) is 7.82. The van der Waals surface area contributed by atoms with Crippen molar-refractivity contribution in [2.75, 3.05) is 5.73 Å². The first-order valence-corrected chi connectivity index (χ1v) is 5.50. The molecule has 0 amide bonds. The molecule has 1 rings (SSSR count). The van der Waals surface area contributed by atoms with E-state index in [1.165, 1.54) is 0 Å². The lowest BCUT2D eigenvalue weighted by Gasteiger charge is -2.08. The zero-order chi connectivity index (χ0) is 12.3. The standard InChI is InChI=1S/C9H11BrF3N3/c1-2-5-7(10)8(14)16-6(15-5)3-4-9(11,12)13/h2-4H2,1H3,(H2,14,15,16). The molecule has 0 aliphatic carbocycles. The molecule has 3 nitrogen and oxygen atoms in total. The minimum Gasteiger partial charge on any atom is -0.383 e. The molecule has 0 saturated carbocycles. The van der Waals surface area contributed by atoms with E-state index in [9.17, 15) is 13.2 Å². The molecule has 0 fully saturated rings. The number of alkyl halides is 3. The van der Waals surface area contributed by atoms with Gasteiger partial charge in [0.1, 0.15) is 11.6 Å². The van der Waals surface area contributed by atoms with Gasteiger partial charge >= 0.3 is 6.18 Å². The summed E-state index contributed by atoms with van der Waals surface area (Å²) in [6.07, 6.45) is -4.78. The van der Waals surface area contributed by atoms with Crippen LogP contribution in [-0.2, 0) is 12.8 Å². The number of rotatable bonds is 3. The summed E-state index contributed by atoms with van der Waals surface area (Å²) >= 11 is 3.19. The van der Waals surface area contributed by atoms with Crippen molar-refractivity contribution in [3.8, 4) is 0 Å². The molecule has 0 aliphatic heterocycles. The lowest BCUT2D eigenvalue weighted by atomic mass is 10.2. The lowest BCUT2D eigenvalue weighted by Crippen LogP contribution is -2.12. The predicted molar refractivity (Wildman–Crippen MR) is 57.9 cm³/mol. The van der Waals surface area contributed by atoms with Crippen LogP contribution in [0.3, 0.4) is 0 Å². The summed E-state index contributed by atoms with van der Waals surface area (Å²) in [7, 11) is 0. The van der Waals surface area contributed by atoms with Crippen LogP contribution in [0.5, 0.6) is 0 Å². The lowest BCUT2D eigenvalue weighted by molar-refractivity contribution is -0.134. The molecule has 0 unspecified atom stereocenters. The van der Waals surface area contributed by atoms with Gasteiger partial charge in [0.05, 0.1) is 16.6 Å². The number of nitrogens with two attached hydrogens (primary N) is 1. The number of anilines is 1. The van der Waals surface area contributed by atoms with E-state index >= 15 is 0 Å². The van der Waals surface area contributed by atoms with Crippen LogP contribution in [0, 0.1) is 0 Å². The van der Waals surface area contributed by atoms with Crippen molar-refractivity contribution in [1.82, 2.24) is 9.97 Å². The number of nitrogen functional groups attached to an aromatic ring is 1. The monoisotopic (exact) mass is 297 g/mol. The predicted octanol–water partition coefficient (Wildman–Crippen LogP) is 2.88. The Balaban J connectivity index is 2.86. The quantitative estimate of drug-likeness (QED) is 0.933. The van der Waals surface area contributed by atoms with E-state index in [4.69, 9.17) is 5.73 Å². The van der Waals surface area contributed by atoms with E-state index in [0.717, 1.165) is 0 Å². The number of aryl methyl sites for hydroxylation is 2. The van der Waals surface area contributed by atoms with Gasteiger partial charge in [0.25, 0.3) is 0 Å². The highest BCUT2D eigenvalue weighted by molar-refractivity contribution is 9.10. The second-order valence-electron chi connectivity index (χ2n) is 3.25. The van der Waals surface area contributed by atoms with E-state index in [1.54, 1.807) is 0 Å². The van der Waals surface area contributed by atoms with Crippen LogP contribution in [0.1, 0.15) is 24.9 Å². The maximum atomic E-state index is 12.0. The fraction of sp³-hybridized carbons (Fsp3) is 0.556. The van der Waals surface area contributed by atoms with E-state index < -0.39 is 12.6 Å². The maximum absolute atomic E-state index is 12.0. The van der Waals surface area contributed by atoms with Gasteiger partial charge in [-0.3, -0.25) is 0 Å². The Kier molecular flexibility index (Phi) is 4.12. The fourth-order valence-corrected chi connectivity index (χ4v) is 1.62. The van der Waals surface area contributed by atoms with Crippen molar-refractivity contribution in [1.29, 1.82) is 0 Å². The SMILES string of the molecule is CCc1nc(CCC(F)(F)F)nc(N)c1Br. The number of aromatic nitrogens is 2. The van der Waals surface area contributed by atoms with Gasteiger partial charge in [-0.05, 0) is 22.4 Å².